The predicted molar refractivity (Wildman–Crippen MR) is 75.7 cm³/mol. The first-order valence-corrected chi connectivity index (χ1v) is 7.16. The van der Waals surface area contributed by atoms with Gasteiger partial charge in [-0.1, -0.05) is 29.8 Å². The van der Waals surface area contributed by atoms with Gasteiger partial charge in [-0.2, -0.15) is 0 Å². The minimum atomic E-state index is 0.372. The van der Waals surface area contributed by atoms with Crippen molar-refractivity contribution in [3.8, 4) is 0 Å². The number of aryl methyl sites for hydroxylation is 2. The number of aliphatic hydroxyl groups is 1. The second kappa shape index (κ2) is 6.91. The van der Waals surface area contributed by atoms with E-state index in [-0.39, 0.29) is 0 Å². The molecule has 2 heteroatoms. The Labute approximate surface area is 111 Å². The molecule has 0 unspecified atom stereocenters. The summed E-state index contributed by atoms with van der Waals surface area (Å²) in [6.45, 7) is 6.06. The predicted octanol–water partition coefficient (Wildman–Crippen LogP) is 2.63. The van der Waals surface area contributed by atoms with Gasteiger partial charge in [0.15, 0.2) is 0 Å². The Hall–Kier alpha value is -0.860. The molecular weight excluding hydrogens is 222 g/mol. The lowest BCUT2D eigenvalue weighted by Gasteiger charge is -2.30. The van der Waals surface area contributed by atoms with Crippen molar-refractivity contribution in [2.75, 3.05) is 26.2 Å². The monoisotopic (exact) mass is 247 g/mol. The summed E-state index contributed by atoms with van der Waals surface area (Å²) in [5.74, 6) is 0.554. The first kappa shape index (κ1) is 13.6. The zero-order valence-electron chi connectivity index (χ0n) is 11.4. The summed E-state index contributed by atoms with van der Waals surface area (Å²) >= 11 is 0. The molecule has 0 bridgehead atoms. The maximum atomic E-state index is 9.11. The van der Waals surface area contributed by atoms with E-state index in [2.05, 4.69) is 36.1 Å². The van der Waals surface area contributed by atoms with E-state index in [1.165, 1.54) is 56.4 Å². The molecule has 2 rings (SSSR count). The van der Waals surface area contributed by atoms with Crippen LogP contribution in [0.15, 0.2) is 24.3 Å². The van der Waals surface area contributed by atoms with Crippen LogP contribution in [0.3, 0.4) is 0 Å². The van der Waals surface area contributed by atoms with E-state index < -0.39 is 0 Å². The molecule has 1 fully saturated rings. The highest BCUT2D eigenvalue weighted by molar-refractivity contribution is 5.22. The molecular formula is C16H25NO. The van der Waals surface area contributed by atoms with Crippen LogP contribution in [-0.2, 0) is 6.42 Å². The van der Waals surface area contributed by atoms with Crippen molar-refractivity contribution in [2.45, 2.75) is 32.6 Å². The lowest BCUT2D eigenvalue weighted by atomic mass is 9.97. The molecule has 1 aromatic carbocycles. The molecule has 1 aromatic rings. The molecule has 1 aliphatic rings. The number of hydrogen-bond donors (Lipinski definition) is 1. The van der Waals surface area contributed by atoms with E-state index in [0.717, 1.165) is 0 Å². The average molecular weight is 247 g/mol. The topological polar surface area (TPSA) is 23.5 Å². The van der Waals surface area contributed by atoms with E-state index >= 15 is 0 Å². The highest BCUT2D eigenvalue weighted by Crippen LogP contribution is 2.16. The molecule has 1 N–H and O–H groups in total. The van der Waals surface area contributed by atoms with Gasteiger partial charge in [-0.25, -0.2) is 0 Å². The van der Waals surface area contributed by atoms with Gasteiger partial charge in [0, 0.05) is 6.61 Å². The van der Waals surface area contributed by atoms with Crippen LogP contribution < -0.4 is 0 Å². The normalized spacial score (nSPS) is 18.1. The summed E-state index contributed by atoms with van der Waals surface area (Å²) < 4.78 is 0. The third-order valence-corrected chi connectivity index (χ3v) is 3.99. The van der Waals surface area contributed by atoms with Crippen LogP contribution >= 0.6 is 0 Å². The van der Waals surface area contributed by atoms with Crippen LogP contribution in [0.2, 0.25) is 0 Å². The van der Waals surface area contributed by atoms with Crippen molar-refractivity contribution < 1.29 is 5.11 Å². The fraction of sp³-hybridized carbons (Fsp3) is 0.625. The second-order valence-corrected chi connectivity index (χ2v) is 5.56. The molecule has 2 nitrogen and oxygen atoms in total. The van der Waals surface area contributed by atoms with Crippen LogP contribution in [0.25, 0.3) is 0 Å². The van der Waals surface area contributed by atoms with Gasteiger partial charge in [-0.05, 0) is 63.7 Å². The third kappa shape index (κ3) is 4.11. The molecule has 100 valence electrons. The third-order valence-electron chi connectivity index (χ3n) is 3.99. The molecule has 0 saturated carbocycles. The van der Waals surface area contributed by atoms with E-state index in [1.54, 1.807) is 0 Å². The van der Waals surface area contributed by atoms with Crippen LogP contribution in [-0.4, -0.2) is 36.2 Å². The quantitative estimate of drug-likeness (QED) is 0.864. The highest BCUT2D eigenvalue weighted by Gasteiger charge is 2.17. The number of rotatable bonds is 5. The van der Waals surface area contributed by atoms with Crippen molar-refractivity contribution in [1.82, 2.24) is 4.90 Å². The number of nitrogens with zero attached hydrogens (tertiary/aromatic N) is 1. The Morgan fingerprint density at radius 2 is 2.06 bits per heavy atom. The van der Waals surface area contributed by atoms with Gasteiger partial charge < -0.3 is 10.0 Å². The fourth-order valence-corrected chi connectivity index (χ4v) is 2.77. The van der Waals surface area contributed by atoms with Crippen molar-refractivity contribution in [3.05, 3.63) is 35.4 Å². The molecule has 0 atom stereocenters. The van der Waals surface area contributed by atoms with Crippen molar-refractivity contribution in [2.24, 2.45) is 5.92 Å². The summed E-state index contributed by atoms with van der Waals surface area (Å²) in [6.07, 6.45) is 4.76. The Morgan fingerprint density at radius 1 is 1.28 bits per heavy atom. The maximum absolute atomic E-state index is 9.11. The fourth-order valence-electron chi connectivity index (χ4n) is 2.77. The zero-order valence-corrected chi connectivity index (χ0v) is 11.4. The highest BCUT2D eigenvalue weighted by atomic mass is 16.3. The average Bonchev–Trinajstić information content (AvgIpc) is 2.40. The second-order valence-electron chi connectivity index (χ2n) is 5.56. The molecule has 0 aromatic heterocycles. The van der Waals surface area contributed by atoms with Gasteiger partial charge in [0.25, 0.3) is 0 Å². The lowest BCUT2D eigenvalue weighted by Crippen LogP contribution is -2.35. The first-order chi connectivity index (χ1) is 8.78. The Bertz CT molecular complexity index is 356. The van der Waals surface area contributed by atoms with Crippen LogP contribution in [0.1, 0.15) is 30.4 Å². The number of hydrogen-bond acceptors (Lipinski definition) is 2. The lowest BCUT2D eigenvalue weighted by molar-refractivity contribution is 0.131. The van der Waals surface area contributed by atoms with Crippen molar-refractivity contribution in [3.63, 3.8) is 0 Å². The van der Waals surface area contributed by atoms with Gasteiger partial charge in [0.1, 0.15) is 0 Å². The summed E-state index contributed by atoms with van der Waals surface area (Å²) in [6, 6.07) is 8.82. The largest absolute Gasteiger partial charge is 0.396 e. The minimum Gasteiger partial charge on any atom is -0.396 e. The zero-order chi connectivity index (χ0) is 12.8. The summed E-state index contributed by atoms with van der Waals surface area (Å²) in [4.78, 5) is 2.54. The van der Waals surface area contributed by atoms with Gasteiger partial charge in [-0.15, -0.1) is 0 Å². The SMILES string of the molecule is Cc1cccc(CCCN2CCC(CO)CC2)c1. The van der Waals surface area contributed by atoms with Gasteiger partial charge in [0.2, 0.25) is 0 Å². The number of aliphatic hydroxyl groups excluding tert-OH is 1. The summed E-state index contributed by atoms with van der Waals surface area (Å²) in [5.41, 5.74) is 2.82. The summed E-state index contributed by atoms with van der Waals surface area (Å²) in [7, 11) is 0. The summed E-state index contributed by atoms with van der Waals surface area (Å²) in [5, 5.41) is 9.11. The molecule has 1 aliphatic heterocycles. The van der Waals surface area contributed by atoms with E-state index in [9.17, 15) is 0 Å². The molecule has 1 heterocycles. The molecule has 0 spiro atoms. The Morgan fingerprint density at radius 3 is 2.72 bits per heavy atom. The molecule has 0 radical (unpaired) electrons. The van der Waals surface area contributed by atoms with Crippen LogP contribution in [0, 0.1) is 12.8 Å². The Balaban J connectivity index is 1.67. The van der Waals surface area contributed by atoms with E-state index in [4.69, 9.17) is 5.11 Å². The number of benzene rings is 1. The molecule has 0 aliphatic carbocycles. The minimum absolute atomic E-state index is 0.372. The van der Waals surface area contributed by atoms with Crippen LogP contribution in [0.5, 0.6) is 0 Å². The molecule has 18 heavy (non-hydrogen) atoms. The Kier molecular flexibility index (Phi) is 5.21. The van der Waals surface area contributed by atoms with E-state index in [0.29, 0.717) is 12.5 Å². The number of likely N-dealkylation sites (tertiary alicyclic amines) is 1. The van der Waals surface area contributed by atoms with Crippen LogP contribution in [0.4, 0.5) is 0 Å². The van der Waals surface area contributed by atoms with E-state index in [1.807, 2.05) is 0 Å². The molecule has 0 amide bonds. The number of piperidine rings is 1. The van der Waals surface area contributed by atoms with Crippen molar-refractivity contribution >= 4 is 0 Å². The maximum Gasteiger partial charge on any atom is 0.0460 e. The first-order valence-electron chi connectivity index (χ1n) is 7.16. The smallest absolute Gasteiger partial charge is 0.0460 e. The standard InChI is InChI=1S/C16H25NO/c1-14-4-2-5-15(12-14)6-3-9-17-10-7-16(13-18)8-11-17/h2,4-5,12,16,18H,3,6-11,13H2,1H3. The van der Waals surface area contributed by atoms with Crippen molar-refractivity contribution in [1.29, 1.82) is 0 Å². The van der Waals surface area contributed by atoms with Gasteiger partial charge >= 0.3 is 0 Å². The van der Waals surface area contributed by atoms with Gasteiger partial charge in [-0.3, -0.25) is 0 Å². The molecule has 1 saturated heterocycles. The van der Waals surface area contributed by atoms with Gasteiger partial charge in [0.05, 0.1) is 0 Å².